The predicted molar refractivity (Wildman–Crippen MR) is 89.4 cm³/mol. The molecule has 22 heavy (non-hydrogen) atoms. The molecule has 1 aliphatic rings. The highest BCUT2D eigenvalue weighted by Crippen LogP contribution is 2.20. The highest BCUT2D eigenvalue weighted by atomic mass is 19.1. The van der Waals surface area contributed by atoms with Crippen molar-refractivity contribution in [1.29, 1.82) is 0 Å². The van der Waals surface area contributed by atoms with Gasteiger partial charge < -0.3 is 10.2 Å². The monoisotopic (exact) mass is 298 g/mol. The summed E-state index contributed by atoms with van der Waals surface area (Å²) in [5.41, 5.74) is 3.72. The van der Waals surface area contributed by atoms with Gasteiger partial charge in [0.15, 0.2) is 0 Å². The third-order valence-electron chi connectivity index (χ3n) is 4.23. The van der Waals surface area contributed by atoms with Gasteiger partial charge in [-0.1, -0.05) is 24.3 Å². The van der Waals surface area contributed by atoms with Gasteiger partial charge in [-0.05, 0) is 54.7 Å². The van der Waals surface area contributed by atoms with Gasteiger partial charge in [0, 0.05) is 31.9 Å². The van der Waals surface area contributed by atoms with Gasteiger partial charge in [-0.25, -0.2) is 4.39 Å². The molecular formula is C19H23FN2. The van der Waals surface area contributed by atoms with Gasteiger partial charge in [0.05, 0.1) is 0 Å². The van der Waals surface area contributed by atoms with Gasteiger partial charge in [-0.3, -0.25) is 0 Å². The van der Waals surface area contributed by atoms with Crippen LogP contribution in [0.1, 0.15) is 30.4 Å². The lowest BCUT2D eigenvalue weighted by Crippen LogP contribution is -2.29. The summed E-state index contributed by atoms with van der Waals surface area (Å²) in [4.78, 5) is 2.47. The summed E-state index contributed by atoms with van der Waals surface area (Å²) in [5.74, 6) is -0.183. The molecule has 2 nitrogen and oxygen atoms in total. The fourth-order valence-corrected chi connectivity index (χ4v) is 2.93. The number of rotatable bonds is 5. The van der Waals surface area contributed by atoms with Crippen molar-refractivity contribution in [3.8, 4) is 0 Å². The first-order valence-corrected chi connectivity index (χ1v) is 8.10. The molecule has 3 rings (SSSR count). The highest BCUT2D eigenvalue weighted by Gasteiger charge is 2.10. The Kier molecular flexibility index (Phi) is 5.07. The molecule has 0 atom stereocenters. The summed E-state index contributed by atoms with van der Waals surface area (Å²) in [6.45, 7) is 3.95. The van der Waals surface area contributed by atoms with Crippen LogP contribution in [-0.2, 0) is 13.1 Å². The minimum absolute atomic E-state index is 0.183. The second-order valence-corrected chi connectivity index (χ2v) is 5.94. The first-order chi connectivity index (χ1) is 10.8. The van der Waals surface area contributed by atoms with Gasteiger partial charge in [-0.15, -0.1) is 0 Å². The molecule has 0 amide bonds. The second kappa shape index (κ2) is 7.41. The minimum Gasteiger partial charge on any atom is -0.372 e. The van der Waals surface area contributed by atoms with Crippen LogP contribution in [0.2, 0.25) is 0 Å². The standard InChI is InChI=1S/C19H23FN2/c20-18-8-4-16(5-9-18)14-21-15-17-6-10-19(11-7-17)22-12-2-1-3-13-22/h4-11,21H,1-3,12-15H2. The summed E-state index contributed by atoms with van der Waals surface area (Å²) >= 11 is 0. The van der Waals surface area contributed by atoms with Crippen molar-refractivity contribution in [2.45, 2.75) is 32.4 Å². The Labute approximate surface area is 132 Å². The fourth-order valence-electron chi connectivity index (χ4n) is 2.93. The van der Waals surface area contributed by atoms with Crippen LogP contribution in [0.25, 0.3) is 0 Å². The van der Waals surface area contributed by atoms with E-state index in [2.05, 4.69) is 34.5 Å². The number of benzene rings is 2. The molecule has 0 aromatic heterocycles. The SMILES string of the molecule is Fc1ccc(CNCc2ccc(N3CCCCC3)cc2)cc1. The molecule has 1 heterocycles. The van der Waals surface area contributed by atoms with Gasteiger partial charge in [0.25, 0.3) is 0 Å². The Balaban J connectivity index is 1.49. The van der Waals surface area contributed by atoms with Crippen LogP contribution in [0.4, 0.5) is 10.1 Å². The molecule has 2 aromatic rings. The number of anilines is 1. The quantitative estimate of drug-likeness (QED) is 0.894. The summed E-state index contributed by atoms with van der Waals surface area (Å²) in [7, 11) is 0. The average Bonchev–Trinajstić information content (AvgIpc) is 2.58. The number of hydrogen-bond acceptors (Lipinski definition) is 2. The number of halogens is 1. The van der Waals surface area contributed by atoms with E-state index in [4.69, 9.17) is 0 Å². The molecule has 1 fully saturated rings. The van der Waals surface area contributed by atoms with Crippen molar-refractivity contribution in [2.24, 2.45) is 0 Å². The molecule has 0 bridgehead atoms. The first kappa shape index (κ1) is 15.0. The number of hydrogen-bond donors (Lipinski definition) is 1. The molecule has 0 radical (unpaired) electrons. The third kappa shape index (κ3) is 4.08. The van der Waals surface area contributed by atoms with Crippen LogP contribution in [0.3, 0.4) is 0 Å². The maximum absolute atomic E-state index is 12.8. The Hall–Kier alpha value is -1.87. The first-order valence-electron chi connectivity index (χ1n) is 8.10. The lowest BCUT2D eigenvalue weighted by atomic mass is 10.1. The maximum Gasteiger partial charge on any atom is 0.123 e. The lowest BCUT2D eigenvalue weighted by Gasteiger charge is -2.28. The zero-order valence-corrected chi connectivity index (χ0v) is 12.9. The normalized spacial score (nSPS) is 15.0. The minimum atomic E-state index is -0.183. The van der Waals surface area contributed by atoms with Gasteiger partial charge in [0.2, 0.25) is 0 Å². The van der Waals surface area contributed by atoms with E-state index in [1.807, 2.05) is 12.1 Å². The van der Waals surface area contributed by atoms with Crippen LogP contribution in [0.15, 0.2) is 48.5 Å². The Morgan fingerprint density at radius 2 is 1.32 bits per heavy atom. The Bertz CT molecular complexity index is 571. The Morgan fingerprint density at radius 3 is 1.91 bits per heavy atom. The average molecular weight is 298 g/mol. The molecule has 1 aliphatic heterocycles. The number of nitrogens with one attached hydrogen (secondary N) is 1. The van der Waals surface area contributed by atoms with Crippen molar-refractivity contribution in [3.05, 3.63) is 65.5 Å². The van der Waals surface area contributed by atoms with Gasteiger partial charge in [0.1, 0.15) is 5.82 Å². The van der Waals surface area contributed by atoms with E-state index in [0.717, 1.165) is 18.7 Å². The van der Waals surface area contributed by atoms with Crippen molar-refractivity contribution in [3.63, 3.8) is 0 Å². The third-order valence-corrected chi connectivity index (χ3v) is 4.23. The maximum atomic E-state index is 12.8. The molecule has 2 aromatic carbocycles. The molecule has 1 N–H and O–H groups in total. The zero-order chi connectivity index (χ0) is 15.2. The summed E-state index contributed by atoms with van der Waals surface area (Å²) in [6.07, 6.45) is 3.98. The van der Waals surface area contributed by atoms with Crippen molar-refractivity contribution >= 4 is 5.69 Å². The Morgan fingerprint density at radius 1 is 0.773 bits per heavy atom. The van der Waals surface area contributed by atoms with Gasteiger partial charge >= 0.3 is 0 Å². The van der Waals surface area contributed by atoms with E-state index in [1.54, 1.807) is 0 Å². The highest BCUT2D eigenvalue weighted by molar-refractivity contribution is 5.47. The van der Waals surface area contributed by atoms with Crippen LogP contribution in [-0.4, -0.2) is 13.1 Å². The lowest BCUT2D eigenvalue weighted by molar-refractivity contribution is 0.578. The molecule has 116 valence electrons. The predicted octanol–water partition coefficient (Wildman–Crippen LogP) is 4.11. The number of nitrogens with zero attached hydrogens (tertiary/aromatic N) is 1. The largest absolute Gasteiger partial charge is 0.372 e. The zero-order valence-electron chi connectivity index (χ0n) is 12.9. The molecular weight excluding hydrogens is 275 g/mol. The van der Waals surface area contributed by atoms with E-state index < -0.39 is 0 Å². The van der Waals surface area contributed by atoms with E-state index in [1.165, 1.54) is 55.7 Å². The van der Waals surface area contributed by atoms with E-state index >= 15 is 0 Å². The molecule has 0 spiro atoms. The van der Waals surface area contributed by atoms with Crippen LogP contribution >= 0.6 is 0 Å². The van der Waals surface area contributed by atoms with E-state index in [0.29, 0.717) is 0 Å². The van der Waals surface area contributed by atoms with Crippen LogP contribution < -0.4 is 10.2 Å². The molecule has 3 heteroatoms. The molecule has 0 aliphatic carbocycles. The topological polar surface area (TPSA) is 15.3 Å². The molecule has 1 saturated heterocycles. The summed E-state index contributed by atoms with van der Waals surface area (Å²) in [6, 6.07) is 15.5. The summed E-state index contributed by atoms with van der Waals surface area (Å²) < 4.78 is 12.8. The smallest absolute Gasteiger partial charge is 0.123 e. The van der Waals surface area contributed by atoms with E-state index in [-0.39, 0.29) is 5.82 Å². The van der Waals surface area contributed by atoms with Crippen molar-refractivity contribution < 1.29 is 4.39 Å². The van der Waals surface area contributed by atoms with E-state index in [9.17, 15) is 4.39 Å². The van der Waals surface area contributed by atoms with Crippen molar-refractivity contribution in [2.75, 3.05) is 18.0 Å². The summed E-state index contributed by atoms with van der Waals surface area (Å²) in [5, 5.41) is 3.40. The van der Waals surface area contributed by atoms with Crippen LogP contribution in [0.5, 0.6) is 0 Å². The van der Waals surface area contributed by atoms with Crippen molar-refractivity contribution in [1.82, 2.24) is 5.32 Å². The van der Waals surface area contributed by atoms with Crippen LogP contribution in [0, 0.1) is 5.82 Å². The molecule has 0 unspecified atom stereocenters. The number of piperidine rings is 1. The fraction of sp³-hybridized carbons (Fsp3) is 0.368. The van der Waals surface area contributed by atoms with Gasteiger partial charge in [-0.2, -0.15) is 0 Å². The second-order valence-electron chi connectivity index (χ2n) is 5.94. The molecule has 0 saturated carbocycles.